The fourth-order valence-corrected chi connectivity index (χ4v) is 1.87. The summed E-state index contributed by atoms with van der Waals surface area (Å²) in [4.78, 5) is 0.932. The van der Waals surface area contributed by atoms with Crippen molar-refractivity contribution in [2.75, 3.05) is 37.7 Å². The van der Waals surface area contributed by atoms with Crippen LogP contribution in [-0.2, 0) is 55.0 Å². The molecule has 0 heterocycles. The number of rotatable bonds is 10. The number of anilines is 1. The van der Waals surface area contributed by atoms with Gasteiger partial charge in [0.1, 0.15) is 5.40 Å². The maximum absolute atomic E-state index is 8.32. The first-order chi connectivity index (χ1) is 12.1. The smallest absolute Gasteiger partial charge is 0.138 e. The molecular weight excluding hydrogens is 443 g/mol. The van der Waals surface area contributed by atoms with Gasteiger partial charge in [0.15, 0.2) is 0 Å². The number of nitrogens with zero attached hydrogens (tertiary/aromatic N) is 1. The number of thiocyanates is 1. The van der Waals surface area contributed by atoms with Crippen LogP contribution in [0.2, 0.25) is 0 Å². The Bertz CT molecular complexity index is 429. The molecule has 1 aromatic rings. The molecule has 1 aromatic carbocycles. The van der Waals surface area contributed by atoms with Crippen LogP contribution in [-0.4, -0.2) is 33.0 Å². The van der Waals surface area contributed by atoms with Gasteiger partial charge in [0.05, 0.1) is 13.2 Å². The third-order valence-corrected chi connectivity index (χ3v) is 3.43. The van der Waals surface area contributed by atoms with Crippen molar-refractivity contribution in [2.24, 2.45) is 5.92 Å². The number of benzene rings is 1. The molecule has 0 saturated heterocycles. The number of thioether (sulfide) groups is 1. The second-order valence-corrected chi connectivity index (χ2v) is 6.04. The van der Waals surface area contributed by atoms with Crippen LogP contribution >= 0.6 is 11.8 Å². The first-order valence-corrected chi connectivity index (χ1v) is 9.70. The maximum atomic E-state index is 8.32. The fourth-order valence-electron chi connectivity index (χ4n) is 1.36. The van der Waals surface area contributed by atoms with Crippen LogP contribution in [0.15, 0.2) is 29.2 Å². The van der Waals surface area contributed by atoms with Gasteiger partial charge in [-0.1, -0.05) is 27.7 Å². The molecule has 0 spiro atoms. The van der Waals surface area contributed by atoms with Crippen LogP contribution in [0.4, 0.5) is 5.69 Å². The zero-order chi connectivity index (χ0) is 19.3. The van der Waals surface area contributed by atoms with E-state index in [1.165, 1.54) is 0 Å². The van der Waals surface area contributed by atoms with Crippen molar-refractivity contribution in [1.82, 2.24) is 0 Å². The van der Waals surface area contributed by atoms with E-state index in [2.05, 4.69) is 31.4 Å². The molecule has 8 heteroatoms. The number of ether oxygens (including phenoxy) is 2. The molecule has 0 aliphatic carbocycles. The van der Waals surface area contributed by atoms with Crippen molar-refractivity contribution < 1.29 is 42.2 Å². The van der Waals surface area contributed by atoms with E-state index in [4.69, 9.17) is 20.5 Å². The monoisotopic (exact) mass is 474 g/mol. The predicted octanol–water partition coefficient (Wildman–Crippen LogP) is 5.28. The quantitative estimate of drug-likeness (QED) is 0.215. The molecular formula is C18H31N3O2S2Y-2. The molecule has 0 aromatic heterocycles. The largest absolute Gasteiger partial charge is 0.676 e. The summed E-state index contributed by atoms with van der Waals surface area (Å²) in [7, 11) is 0. The van der Waals surface area contributed by atoms with Crippen LogP contribution in [0.5, 0.6) is 0 Å². The van der Waals surface area contributed by atoms with E-state index >= 15 is 0 Å². The van der Waals surface area contributed by atoms with E-state index in [9.17, 15) is 0 Å². The van der Waals surface area contributed by atoms with Crippen molar-refractivity contribution in [2.45, 2.75) is 39.0 Å². The Labute approximate surface area is 194 Å². The summed E-state index contributed by atoms with van der Waals surface area (Å²) in [5, 5.41) is 10.3. The summed E-state index contributed by atoms with van der Waals surface area (Å²) in [6.07, 6.45) is 1.11. The van der Waals surface area contributed by atoms with Gasteiger partial charge in [-0.25, -0.2) is 0 Å². The minimum absolute atomic E-state index is 0. The third-order valence-electron chi connectivity index (χ3n) is 2.59. The summed E-state index contributed by atoms with van der Waals surface area (Å²) >= 11 is 5.74. The average molecular weight is 475 g/mol. The van der Waals surface area contributed by atoms with E-state index in [-0.39, 0.29) is 32.7 Å². The predicted molar refractivity (Wildman–Crippen MR) is 111 cm³/mol. The Balaban J connectivity index is -0.000000359. The first kappa shape index (κ1) is 30.9. The molecule has 0 amide bonds. The Morgan fingerprint density at radius 2 is 1.65 bits per heavy atom. The van der Waals surface area contributed by atoms with Gasteiger partial charge in [-0.2, -0.15) is 5.26 Å². The summed E-state index contributed by atoms with van der Waals surface area (Å²) < 4.78 is 13.0. The van der Waals surface area contributed by atoms with E-state index < -0.39 is 0 Å². The van der Waals surface area contributed by atoms with E-state index in [1.54, 1.807) is 0 Å². The van der Waals surface area contributed by atoms with Crippen molar-refractivity contribution in [1.29, 1.82) is 5.26 Å². The standard InChI is InChI=1S/C9H20NO2.C7H5N2S2.C2H6.Y/c1-9(2)3-5-11-7-8-12-6-4-10;8-5-11-7-3-1-6(9-10)2-4-7;1-2;/h9-10H,3-8H2,1-2H3;1-4,9H;1-2H3;/q2*-1;;. The molecule has 0 aliphatic heterocycles. The average Bonchev–Trinajstić information content (AvgIpc) is 2.64. The summed E-state index contributed by atoms with van der Waals surface area (Å²) in [5.74, 6) is 0.708. The van der Waals surface area contributed by atoms with Crippen LogP contribution in [0.25, 0.3) is 5.73 Å². The Hall–Kier alpha value is 0.194. The third kappa shape index (κ3) is 22.2. The Morgan fingerprint density at radius 1 is 1.12 bits per heavy atom. The Kier molecular flexibility index (Phi) is 29.9. The van der Waals surface area contributed by atoms with Gasteiger partial charge < -0.3 is 32.7 Å². The van der Waals surface area contributed by atoms with Gasteiger partial charge in [0, 0.05) is 56.5 Å². The van der Waals surface area contributed by atoms with Crippen LogP contribution < -0.4 is 4.72 Å². The van der Waals surface area contributed by atoms with Crippen molar-refractivity contribution >= 4 is 30.3 Å². The number of nitrogens with one attached hydrogen (secondary N) is 2. The number of hydrogen-bond acceptors (Lipinski definition) is 6. The minimum Gasteiger partial charge on any atom is -0.676 e. The van der Waals surface area contributed by atoms with Gasteiger partial charge in [0.25, 0.3) is 0 Å². The molecule has 0 aliphatic rings. The Morgan fingerprint density at radius 3 is 2.08 bits per heavy atom. The SMILES string of the molecule is CC.CC(C)CCOCCOCC[NH-].N#CSc1ccc(N[S-])cc1.[Y]. The number of nitriles is 1. The zero-order valence-electron chi connectivity index (χ0n) is 16.3. The van der Waals surface area contributed by atoms with Gasteiger partial charge >= 0.3 is 0 Å². The van der Waals surface area contributed by atoms with Gasteiger partial charge in [-0.05, 0) is 48.4 Å². The molecule has 26 heavy (non-hydrogen) atoms. The molecule has 2 N–H and O–H groups in total. The van der Waals surface area contributed by atoms with Crippen molar-refractivity contribution in [3.8, 4) is 5.40 Å². The normalized spacial score (nSPS) is 9.00. The van der Waals surface area contributed by atoms with Crippen molar-refractivity contribution in [3.63, 3.8) is 0 Å². The van der Waals surface area contributed by atoms with Gasteiger partial charge in [0.2, 0.25) is 0 Å². The molecule has 0 saturated carbocycles. The molecule has 1 radical (unpaired) electrons. The van der Waals surface area contributed by atoms with E-state index in [0.717, 1.165) is 35.4 Å². The molecule has 147 valence electrons. The summed E-state index contributed by atoms with van der Waals surface area (Å²) in [5.41, 5.74) is 7.69. The van der Waals surface area contributed by atoms with Gasteiger partial charge in [-0.3, -0.25) is 0 Å². The second-order valence-electron chi connectivity index (χ2n) is 4.98. The number of hydrogen-bond donors (Lipinski definition) is 1. The van der Waals surface area contributed by atoms with Crippen LogP contribution in [0, 0.1) is 16.6 Å². The first-order valence-electron chi connectivity index (χ1n) is 8.48. The topological polar surface area (TPSA) is 78.1 Å². The zero-order valence-corrected chi connectivity index (χ0v) is 20.8. The van der Waals surface area contributed by atoms with Crippen molar-refractivity contribution in [3.05, 3.63) is 30.0 Å². The molecule has 0 unspecified atom stereocenters. The molecule has 1 rings (SSSR count). The maximum Gasteiger partial charge on any atom is 0.138 e. The van der Waals surface area contributed by atoms with Crippen LogP contribution in [0.3, 0.4) is 0 Å². The van der Waals surface area contributed by atoms with Crippen LogP contribution in [0.1, 0.15) is 34.1 Å². The molecule has 5 nitrogen and oxygen atoms in total. The second kappa shape index (κ2) is 25.2. The fraction of sp³-hybridized carbons (Fsp3) is 0.611. The minimum atomic E-state index is 0. The molecule has 0 fully saturated rings. The summed E-state index contributed by atoms with van der Waals surface area (Å²) in [6, 6.07) is 7.38. The summed E-state index contributed by atoms with van der Waals surface area (Å²) in [6.45, 7) is 11.3. The van der Waals surface area contributed by atoms with E-state index in [0.29, 0.717) is 32.3 Å². The molecule has 0 bridgehead atoms. The van der Waals surface area contributed by atoms with E-state index in [1.807, 2.05) is 43.5 Å². The molecule has 0 atom stereocenters. The van der Waals surface area contributed by atoms with Gasteiger partial charge in [-0.15, -0.1) is 6.54 Å².